The number of hydrogen-bond donors (Lipinski definition) is 0. The van der Waals surface area contributed by atoms with Gasteiger partial charge in [0, 0.05) is 53.7 Å². The van der Waals surface area contributed by atoms with Crippen molar-refractivity contribution in [1.29, 1.82) is 0 Å². The van der Waals surface area contributed by atoms with Crippen LogP contribution in [-0.4, -0.2) is 62.0 Å². The molecule has 0 N–H and O–H groups in total. The molecule has 0 saturated carbocycles. The predicted octanol–water partition coefficient (Wildman–Crippen LogP) is 10.3. The molecular formula is C52H48N6O. The third-order valence-corrected chi connectivity index (χ3v) is 12.5. The van der Waals surface area contributed by atoms with Crippen LogP contribution in [0.3, 0.4) is 0 Å². The molecule has 1 saturated heterocycles. The van der Waals surface area contributed by atoms with Gasteiger partial charge in [-0.25, -0.2) is 9.67 Å². The van der Waals surface area contributed by atoms with Gasteiger partial charge in [0.1, 0.15) is 11.2 Å². The highest BCUT2D eigenvalue weighted by Crippen LogP contribution is 2.44. The highest BCUT2D eigenvalue weighted by molar-refractivity contribution is 5.94. The molecule has 292 valence electrons. The van der Waals surface area contributed by atoms with Crippen LogP contribution in [-0.2, 0) is 23.1 Å². The first-order valence-electron chi connectivity index (χ1n) is 21.0. The highest BCUT2D eigenvalue weighted by atomic mass is 16.5. The topological polar surface area (TPSA) is 69.0 Å². The molecule has 0 unspecified atom stereocenters. The average molecular weight is 773 g/mol. The van der Waals surface area contributed by atoms with Crippen molar-refractivity contribution < 1.29 is 4.74 Å². The molecule has 5 heterocycles. The highest BCUT2D eigenvalue weighted by Gasteiger charge is 2.41. The van der Waals surface area contributed by atoms with Gasteiger partial charge in [-0.1, -0.05) is 115 Å². The Morgan fingerprint density at radius 2 is 1.22 bits per heavy atom. The molecule has 4 aromatic carbocycles. The minimum absolute atomic E-state index is 0.602. The Balaban J connectivity index is 1.15. The number of fused-ring (bicyclic) bond motifs is 2. The molecule has 7 heteroatoms. The number of pyridine rings is 3. The normalized spacial score (nSPS) is 16.1. The fraction of sp³-hybridized carbons (Fsp3) is 0.231. The SMILES string of the molecule is Cc1ccc(C)c(-c2ccc(-c3nn(C(c4ccccc4)(c4ccccc4)c4ccccc4)c4ncc(-c5ccc6c(c5)CC[C@@H](N5CCOCC5)CC6)cc34)nc2)n1. The van der Waals surface area contributed by atoms with Crippen LogP contribution in [0.1, 0.15) is 51.9 Å². The molecule has 1 aliphatic carbocycles. The second kappa shape index (κ2) is 15.8. The maximum absolute atomic E-state index is 5.67. The van der Waals surface area contributed by atoms with Gasteiger partial charge in [0.05, 0.1) is 24.6 Å². The zero-order valence-corrected chi connectivity index (χ0v) is 33.8. The van der Waals surface area contributed by atoms with Crippen molar-refractivity contribution in [3.8, 4) is 33.8 Å². The summed E-state index contributed by atoms with van der Waals surface area (Å²) in [6.07, 6.45) is 8.51. The summed E-state index contributed by atoms with van der Waals surface area (Å²) >= 11 is 0. The van der Waals surface area contributed by atoms with E-state index in [0.717, 1.165) is 106 Å². The van der Waals surface area contributed by atoms with Crippen molar-refractivity contribution in [2.75, 3.05) is 26.3 Å². The van der Waals surface area contributed by atoms with E-state index in [2.05, 4.69) is 156 Å². The van der Waals surface area contributed by atoms with Gasteiger partial charge in [-0.3, -0.25) is 14.9 Å². The Kier molecular flexibility index (Phi) is 9.92. The lowest BCUT2D eigenvalue weighted by molar-refractivity contribution is 0.0136. The van der Waals surface area contributed by atoms with Gasteiger partial charge < -0.3 is 4.74 Å². The minimum Gasteiger partial charge on any atom is -0.379 e. The maximum Gasteiger partial charge on any atom is 0.160 e. The smallest absolute Gasteiger partial charge is 0.160 e. The van der Waals surface area contributed by atoms with Crippen LogP contribution in [0.2, 0.25) is 0 Å². The number of rotatable bonds is 8. The summed E-state index contributed by atoms with van der Waals surface area (Å²) in [7, 11) is 0. The van der Waals surface area contributed by atoms with Crippen molar-refractivity contribution in [2.45, 2.75) is 51.1 Å². The number of benzene rings is 4. The molecular weight excluding hydrogens is 725 g/mol. The van der Waals surface area contributed by atoms with Gasteiger partial charge in [0.15, 0.2) is 5.65 Å². The Bertz CT molecular complexity index is 2630. The van der Waals surface area contributed by atoms with Crippen molar-refractivity contribution in [2.24, 2.45) is 0 Å². The summed E-state index contributed by atoms with van der Waals surface area (Å²) < 4.78 is 7.82. The summed E-state index contributed by atoms with van der Waals surface area (Å²) in [6.45, 7) is 7.88. The standard InChI is InChI=1S/C52H48N6O/c1-36-18-19-37(2)55-49(36)41-24-27-48(53-34-41)50-47-33-42(40-21-20-38-22-25-46(26-23-39(38)32-40)57-28-30-59-31-29-57)35-54-51(47)58(56-50)52(43-12-6-3-7-13-43,44-14-8-4-9-15-44)45-16-10-5-11-17-45/h3-21,24,27,32-35,46H,22-23,25-26,28-31H2,1-2H3/t46-/m0/s1. The van der Waals surface area contributed by atoms with Crippen molar-refractivity contribution in [3.05, 3.63) is 191 Å². The maximum atomic E-state index is 5.67. The van der Waals surface area contributed by atoms with Crippen LogP contribution in [0.4, 0.5) is 0 Å². The van der Waals surface area contributed by atoms with Crippen molar-refractivity contribution in [1.82, 2.24) is 29.6 Å². The number of hydrogen-bond acceptors (Lipinski definition) is 6. The predicted molar refractivity (Wildman–Crippen MR) is 236 cm³/mol. The van der Waals surface area contributed by atoms with Crippen LogP contribution in [0.15, 0.2) is 152 Å². The molecule has 2 aliphatic rings. The van der Waals surface area contributed by atoms with E-state index in [-0.39, 0.29) is 0 Å². The summed E-state index contributed by atoms with van der Waals surface area (Å²) in [6, 6.07) is 50.4. The lowest BCUT2D eigenvalue weighted by Crippen LogP contribution is -2.43. The number of nitrogens with zero attached hydrogens (tertiary/aromatic N) is 6. The van der Waals surface area contributed by atoms with E-state index in [4.69, 9.17) is 24.8 Å². The molecule has 10 rings (SSSR count). The zero-order chi connectivity index (χ0) is 39.8. The van der Waals surface area contributed by atoms with Crippen LogP contribution in [0, 0.1) is 13.8 Å². The zero-order valence-electron chi connectivity index (χ0n) is 33.8. The Hall–Kier alpha value is -6.28. The molecule has 0 radical (unpaired) electrons. The molecule has 7 nitrogen and oxygen atoms in total. The number of ether oxygens (including phenoxy) is 1. The fourth-order valence-electron chi connectivity index (χ4n) is 9.46. The molecule has 0 amide bonds. The van der Waals surface area contributed by atoms with Gasteiger partial charge >= 0.3 is 0 Å². The van der Waals surface area contributed by atoms with E-state index in [1.54, 1.807) is 0 Å². The fourth-order valence-corrected chi connectivity index (χ4v) is 9.46. The molecule has 8 aromatic rings. The van der Waals surface area contributed by atoms with E-state index >= 15 is 0 Å². The first-order chi connectivity index (χ1) is 29.1. The molecule has 4 aromatic heterocycles. The Labute approximate surface area is 346 Å². The van der Waals surface area contributed by atoms with Crippen LogP contribution < -0.4 is 0 Å². The van der Waals surface area contributed by atoms with Crippen LogP contribution in [0.25, 0.3) is 44.8 Å². The quantitative estimate of drug-likeness (QED) is 0.113. The molecule has 59 heavy (non-hydrogen) atoms. The van der Waals surface area contributed by atoms with Crippen LogP contribution >= 0.6 is 0 Å². The van der Waals surface area contributed by atoms with E-state index < -0.39 is 5.54 Å². The summed E-state index contributed by atoms with van der Waals surface area (Å²) in [5, 5.41) is 6.57. The molecule has 0 spiro atoms. The average Bonchev–Trinajstić information content (AvgIpc) is 3.54. The molecule has 0 bridgehead atoms. The van der Waals surface area contributed by atoms with Gasteiger partial charge in [-0.05, 0) is 103 Å². The molecule has 1 aliphatic heterocycles. The summed E-state index contributed by atoms with van der Waals surface area (Å²) in [5.41, 5.74) is 13.9. The summed E-state index contributed by atoms with van der Waals surface area (Å²) in [4.78, 5) is 18.0. The van der Waals surface area contributed by atoms with Gasteiger partial charge in [0.2, 0.25) is 0 Å². The Morgan fingerprint density at radius 3 is 1.86 bits per heavy atom. The molecule has 1 atom stereocenters. The van der Waals surface area contributed by atoms with E-state index in [9.17, 15) is 0 Å². The van der Waals surface area contributed by atoms with Gasteiger partial charge in [0.25, 0.3) is 0 Å². The largest absolute Gasteiger partial charge is 0.379 e. The lowest BCUT2D eigenvalue weighted by Gasteiger charge is -2.36. The van der Waals surface area contributed by atoms with Gasteiger partial charge in [-0.2, -0.15) is 5.10 Å². The molecule has 1 fully saturated rings. The number of aryl methyl sites for hydroxylation is 4. The second-order valence-corrected chi connectivity index (χ2v) is 16.1. The first kappa shape index (κ1) is 37.0. The first-order valence-corrected chi connectivity index (χ1v) is 21.0. The third kappa shape index (κ3) is 6.84. The van der Waals surface area contributed by atoms with Crippen LogP contribution in [0.5, 0.6) is 0 Å². The van der Waals surface area contributed by atoms with Crippen molar-refractivity contribution in [3.63, 3.8) is 0 Å². The lowest BCUT2D eigenvalue weighted by atomic mass is 9.77. The van der Waals surface area contributed by atoms with E-state index in [1.807, 2.05) is 19.3 Å². The minimum atomic E-state index is -0.849. The van der Waals surface area contributed by atoms with Crippen molar-refractivity contribution >= 4 is 11.0 Å². The van der Waals surface area contributed by atoms with E-state index in [1.165, 1.54) is 29.5 Å². The monoisotopic (exact) mass is 772 g/mol. The summed E-state index contributed by atoms with van der Waals surface area (Å²) in [5.74, 6) is 0. The van der Waals surface area contributed by atoms with E-state index in [0.29, 0.717) is 6.04 Å². The number of morpholine rings is 1. The Morgan fingerprint density at radius 1 is 0.593 bits per heavy atom. The second-order valence-electron chi connectivity index (χ2n) is 16.1. The third-order valence-electron chi connectivity index (χ3n) is 12.5. The van der Waals surface area contributed by atoms with Gasteiger partial charge in [-0.15, -0.1) is 0 Å². The number of aromatic nitrogens is 5.